The summed E-state index contributed by atoms with van der Waals surface area (Å²) in [6.07, 6.45) is 8.35. The molecular weight excluding hydrogens is 230 g/mol. The number of aliphatic carboxylic acids is 1. The van der Waals surface area contributed by atoms with Crippen LogP contribution in [-0.2, 0) is 9.59 Å². The Morgan fingerprint density at radius 1 is 1.11 bits per heavy atom. The van der Waals surface area contributed by atoms with Gasteiger partial charge in [-0.25, -0.2) is 4.79 Å². The molecule has 2 aliphatic carbocycles. The molecule has 0 radical (unpaired) electrons. The van der Waals surface area contributed by atoms with Crippen molar-refractivity contribution in [3.05, 3.63) is 0 Å². The average molecular weight is 251 g/mol. The van der Waals surface area contributed by atoms with Crippen LogP contribution < -0.4 is 0 Å². The van der Waals surface area contributed by atoms with Gasteiger partial charge in [0.25, 0.3) is 0 Å². The summed E-state index contributed by atoms with van der Waals surface area (Å²) in [5.74, 6) is -0.562. The predicted octanol–water partition coefficient (Wildman–Crippen LogP) is 2.03. The summed E-state index contributed by atoms with van der Waals surface area (Å²) in [6, 6.07) is -0.565. The molecule has 2 unspecified atom stereocenters. The molecule has 0 aromatic rings. The Labute approximate surface area is 107 Å². The highest BCUT2D eigenvalue weighted by molar-refractivity contribution is 5.87. The third kappa shape index (κ3) is 1.82. The Balaban J connectivity index is 1.70. The first kappa shape index (κ1) is 12.0. The Morgan fingerprint density at radius 2 is 1.83 bits per heavy atom. The molecule has 3 rings (SSSR count). The van der Waals surface area contributed by atoms with Crippen molar-refractivity contribution in [2.24, 2.45) is 11.3 Å². The second kappa shape index (κ2) is 4.25. The van der Waals surface area contributed by atoms with Crippen LogP contribution in [0.5, 0.6) is 0 Å². The Hall–Kier alpha value is -1.06. The van der Waals surface area contributed by atoms with Gasteiger partial charge in [-0.15, -0.1) is 0 Å². The Bertz CT molecular complexity index is 373. The van der Waals surface area contributed by atoms with Crippen molar-refractivity contribution in [2.45, 2.75) is 57.4 Å². The minimum atomic E-state index is -0.829. The van der Waals surface area contributed by atoms with E-state index in [0.717, 1.165) is 19.3 Å². The highest BCUT2D eigenvalue weighted by Crippen LogP contribution is 2.63. The molecule has 0 bridgehead atoms. The minimum absolute atomic E-state index is 0.129. The fraction of sp³-hybridized carbons (Fsp3) is 0.857. The van der Waals surface area contributed by atoms with Crippen molar-refractivity contribution in [2.75, 3.05) is 6.54 Å². The van der Waals surface area contributed by atoms with E-state index in [1.54, 1.807) is 4.90 Å². The predicted molar refractivity (Wildman–Crippen MR) is 66.0 cm³/mol. The van der Waals surface area contributed by atoms with Crippen molar-refractivity contribution >= 4 is 11.9 Å². The molecular formula is C14H21NO3. The van der Waals surface area contributed by atoms with E-state index >= 15 is 0 Å². The molecule has 1 amide bonds. The number of carboxylic acids is 1. The minimum Gasteiger partial charge on any atom is -0.480 e. The summed E-state index contributed by atoms with van der Waals surface area (Å²) >= 11 is 0. The lowest BCUT2D eigenvalue weighted by atomic mass is 9.98. The van der Waals surface area contributed by atoms with Crippen LogP contribution in [-0.4, -0.2) is 34.5 Å². The molecule has 3 fully saturated rings. The van der Waals surface area contributed by atoms with E-state index in [1.165, 1.54) is 25.7 Å². The molecule has 100 valence electrons. The average Bonchev–Trinajstić information content (AvgIpc) is 2.86. The van der Waals surface area contributed by atoms with Crippen molar-refractivity contribution in [3.63, 3.8) is 0 Å². The van der Waals surface area contributed by atoms with Gasteiger partial charge < -0.3 is 10.0 Å². The number of nitrogens with zero attached hydrogens (tertiary/aromatic N) is 1. The van der Waals surface area contributed by atoms with Crippen LogP contribution in [0.3, 0.4) is 0 Å². The van der Waals surface area contributed by atoms with E-state index < -0.39 is 12.0 Å². The van der Waals surface area contributed by atoms with Gasteiger partial charge in [-0.05, 0) is 43.9 Å². The molecule has 1 aliphatic heterocycles. The fourth-order valence-corrected chi connectivity index (χ4v) is 3.98. The van der Waals surface area contributed by atoms with E-state index in [9.17, 15) is 14.7 Å². The van der Waals surface area contributed by atoms with Crippen LogP contribution >= 0.6 is 0 Å². The van der Waals surface area contributed by atoms with Crippen molar-refractivity contribution in [3.8, 4) is 0 Å². The molecule has 3 aliphatic rings. The molecule has 1 heterocycles. The van der Waals surface area contributed by atoms with Gasteiger partial charge in [-0.2, -0.15) is 0 Å². The number of piperidine rings is 1. The molecule has 4 heteroatoms. The van der Waals surface area contributed by atoms with Crippen LogP contribution in [0.15, 0.2) is 0 Å². The fourth-order valence-electron chi connectivity index (χ4n) is 3.98. The van der Waals surface area contributed by atoms with Gasteiger partial charge in [0, 0.05) is 12.5 Å². The summed E-state index contributed by atoms with van der Waals surface area (Å²) in [7, 11) is 0. The second-order valence-corrected chi connectivity index (χ2v) is 6.21. The smallest absolute Gasteiger partial charge is 0.326 e. The number of likely N-dealkylation sites (tertiary alicyclic amines) is 1. The Kier molecular flexibility index (Phi) is 2.83. The lowest BCUT2D eigenvalue weighted by Crippen LogP contribution is -2.49. The largest absolute Gasteiger partial charge is 0.480 e. The second-order valence-electron chi connectivity index (χ2n) is 6.21. The molecule has 1 spiro atoms. The molecule has 0 aromatic carbocycles. The maximum absolute atomic E-state index is 12.5. The van der Waals surface area contributed by atoms with Crippen LogP contribution in [0.1, 0.15) is 51.4 Å². The summed E-state index contributed by atoms with van der Waals surface area (Å²) in [6.45, 7) is 0.641. The molecule has 2 saturated carbocycles. The van der Waals surface area contributed by atoms with E-state index in [1.807, 2.05) is 0 Å². The van der Waals surface area contributed by atoms with Crippen LogP contribution in [0, 0.1) is 11.3 Å². The number of amides is 1. The third-order valence-corrected chi connectivity index (χ3v) is 5.16. The van der Waals surface area contributed by atoms with E-state index in [0.29, 0.717) is 13.0 Å². The highest BCUT2D eigenvalue weighted by atomic mass is 16.4. The zero-order valence-electron chi connectivity index (χ0n) is 10.7. The van der Waals surface area contributed by atoms with E-state index in [4.69, 9.17) is 0 Å². The quantitative estimate of drug-likeness (QED) is 0.817. The van der Waals surface area contributed by atoms with Crippen LogP contribution in [0.25, 0.3) is 0 Å². The first-order valence-corrected chi connectivity index (χ1v) is 7.17. The van der Waals surface area contributed by atoms with Gasteiger partial charge in [-0.3, -0.25) is 4.79 Å². The van der Waals surface area contributed by atoms with Gasteiger partial charge in [0.1, 0.15) is 6.04 Å². The third-order valence-electron chi connectivity index (χ3n) is 5.16. The highest BCUT2D eigenvalue weighted by Gasteiger charge is 2.60. The number of hydrogen-bond acceptors (Lipinski definition) is 2. The molecule has 1 saturated heterocycles. The first-order valence-electron chi connectivity index (χ1n) is 7.17. The van der Waals surface area contributed by atoms with Crippen molar-refractivity contribution < 1.29 is 14.7 Å². The molecule has 0 aromatic heterocycles. The zero-order chi connectivity index (χ0) is 12.8. The van der Waals surface area contributed by atoms with Gasteiger partial charge in [0.05, 0.1) is 0 Å². The standard InChI is InChI=1S/C14H21NO3/c16-12(10-9-14(10)6-2-3-7-14)15-8-4-1-5-11(15)13(17)18/h10-11H,1-9H2,(H,17,18). The Morgan fingerprint density at radius 3 is 2.50 bits per heavy atom. The van der Waals surface area contributed by atoms with E-state index in [2.05, 4.69) is 0 Å². The van der Waals surface area contributed by atoms with E-state index in [-0.39, 0.29) is 17.2 Å². The van der Waals surface area contributed by atoms with Gasteiger partial charge in [0.15, 0.2) is 0 Å². The topological polar surface area (TPSA) is 57.6 Å². The summed E-state index contributed by atoms with van der Waals surface area (Å²) in [5, 5.41) is 9.22. The summed E-state index contributed by atoms with van der Waals surface area (Å²) < 4.78 is 0. The number of carbonyl (C=O) groups is 2. The normalized spacial score (nSPS) is 33.7. The molecule has 1 N–H and O–H groups in total. The van der Waals surface area contributed by atoms with Crippen LogP contribution in [0.4, 0.5) is 0 Å². The SMILES string of the molecule is O=C(O)C1CCCCN1C(=O)C1CC12CCCC2. The van der Waals surface area contributed by atoms with Gasteiger partial charge in [-0.1, -0.05) is 12.8 Å². The van der Waals surface area contributed by atoms with Crippen molar-refractivity contribution in [1.82, 2.24) is 4.90 Å². The van der Waals surface area contributed by atoms with Crippen LogP contribution in [0.2, 0.25) is 0 Å². The van der Waals surface area contributed by atoms with Gasteiger partial charge in [0.2, 0.25) is 5.91 Å². The summed E-state index contributed by atoms with van der Waals surface area (Å²) in [4.78, 5) is 25.4. The lowest BCUT2D eigenvalue weighted by molar-refractivity contribution is -0.153. The molecule has 4 nitrogen and oxygen atoms in total. The monoisotopic (exact) mass is 251 g/mol. The maximum atomic E-state index is 12.5. The maximum Gasteiger partial charge on any atom is 0.326 e. The number of rotatable bonds is 2. The lowest BCUT2D eigenvalue weighted by Gasteiger charge is -2.33. The van der Waals surface area contributed by atoms with Crippen molar-refractivity contribution in [1.29, 1.82) is 0 Å². The number of carbonyl (C=O) groups excluding carboxylic acids is 1. The number of carboxylic acid groups (broad SMARTS) is 1. The zero-order valence-corrected chi connectivity index (χ0v) is 10.7. The van der Waals surface area contributed by atoms with Gasteiger partial charge >= 0.3 is 5.97 Å². The molecule has 2 atom stereocenters. The number of hydrogen-bond donors (Lipinski definition) is 1. The first-order chi connectivity index (χ1) is 8.64. The molecule has 18 heavy (non-hydrogen) atoms. The summed E-state index contributed by atoms with van der Waals surface area (Å²) in [5.41, 5.74) is 0.275.